The van der Waals surface area contributed by atoms with Crippen LogP contribution < -0.4 is 0 Å². The van der Waals surface area contributed by atoms with Gasteiger partial charge in [-0.05, 0) is 30.7 Å². The van der Waals surface area contributed by atoms with Gasteiger partial charge in [0.15, 0.2) is 0 Å². The molecule has 0 bridgehead atoms. The van der Waals surface area contributed by atoms with E-state index in [1.54, 1.807) is 6.07 Å². The van der Waals surface area contributed by atoms with E-state index < -0.39 is 0 Å². The van der Waals surface area contributed by atoms with Crippen molar-refractivity contribution in [2.45, 2.75) is 13.3 Å². The summed E-state index contributed by atoms with van der Waals surface area (Å²) in [6.07, 6.45) is 0.542. The fraction of sp³-hybridized carbons (Fsp3) is 0.182. The van der Waals surface area contributed by atoms with Crippen LogP contribution in [0, 0.1) is 12.7 Å². The second-order valence-corrected chi connectivity index (χ2v) is 4.36. The van der Waals surface area contributed by atoms with E-state index in [4.69, 9.17) is 0 Å². The van der Waals surface area contributed by atoms with Gasteiger partial charge in [0.2, 0.25) is 0 Å². The van der Waals surface area contributed by atoms with Gasteiger partial charge in [0.1, 0.15) is 5.82 Å². The summed E-state index contributed by atoms with van der Waals surface area (Å²) in [5, 5.41) is 6.87. The molecule has 1 aromatic heterocycles. The van der Waals surface area contributed by atoms with Crippen LogP contribution in [0.1, 0.15) is 17.0 Å². The van der Waals surface area contributed by atoms with Crippen LogP contribution in [0.15, 0.2) is 28.7 Å². The number of rotatable bonds is 2. The Labute approximate surface area is 95.6 Å². The molecule has 0 saturated carbocycles. The summed E-state index contributed by atoms with van der Waals surface area (Å²) in [6, 6.07) is 7.00. The van der Waals surface area contributed by atoms with Crippen LogP contribution >= 0.6 is 15.9 Å². The molecule has 78 valence electrons. The molecule has 0 aliphatic carbocycles. The van der Waals surface area contributed by atoms with Gasteiger partial charge in [0.05, 0.1) is 5.69 Å². The van der Waals surface area contributed by atoms with Crippen LogP contribution in [0.5, 0.6) is 0 Å². The SMILES string of the molecule is Cc1cc(Cc2ccc(Br)cc2F)[nH]n1. The molecule has 0 radical (unpaired) electrons. The molecule has 0 aliphatic rings. The van der Waals surface area contributed by atoms with Crippen molar-refractivity contribution in [1.82, 2.24) is 10.2 Å². The maximum Gasteiger partial charge on any atom is 0.127 e. The Balaban J connectivity index is 2.24. The highest BCUT2D eigenvalue weighted by Gasteiger charge is 2.05. The molecule has 0 unspecified atom stereocenters. The van der Waals surface area contributed by atoms with Gasteiger partial charge in [-0.2, -0.15) is 5.10 Å². The van der Waals surface area contributed by atoms with Crippen LogP contribution in [0.4, 0.5) is 4.39 Å². The van der Waals surface area contributed by atoms with E-state index in [-0.39, 0.29) is 5.82 Å². The third kappa shape index (κ3) is 2.45. The van der Waals surface area contributed by atoms with Crippen LogP contribution in [0.2, 0.25) is 0 Å². The van der Waals surface area contributed by atoms with E-state index >= 15 is 0 Å². The molecule has 1 heterocycles. The van der Waals surface area contributed by atoms with Crippen molar-refractivity contribution < 1.29 is 4.39 Å². The quantitative estimate of drug-likeness (QED) is 0.891. The number of benzene rings is 1. The molecule has 15 heavy (non-hydrogen) atoms. The van der Waals surface area contributed by atoms with Gasteiger partial charge < -0.3 is 0 Å². The van der Waals surface area contributed by atoms with Crippen molar-refractivity contribution in [2.75, 3.05) is 0 Å². The third-order valence-electron chi connectivity index (χ3n) is 2.15. The van der Waals surface area contributed by atoms with E-state index in [9.17, 15) is 4.39 Å². The highest BCUT2D eigenvalue weighted by Crippen LogP contribution is 2.17. The third-order valence-corrected chi connectivity index (χ3v) is 2.65. The zero-order valence-corrected chi connectivity index (χ0v) is 9.81. The minimum atomic E-state index is -0.198. The lowest BCUT2D eigenvalue weighted by Gasteiger charge is -2.01. The lowest BCUT2D eigenvalue weighted by atomic mass is 10.1. The summed E-state index contributed by atoms with van der Waals surface area (Å²) < 4.78 is 14.2. The topological polar surface area (TPSA) is 28.7 Å². The van der Waals surface area contributed by atoms with Crippen molar-refractivity contribution in [3.8, 4) is 0 Å². The van der Waals surface area contributed by atoms with Gasteiger partial charge >= 0.3 is 0 Å². The predicted octanol–water partition coefficient (Wildman–Crippen LogP) is 3.21. The monoisotopic (exact) mass is 268 g/mol. The Morgan fingerprint density at radius 2 is 2.20 bits per heavy atom. The van der Waals surface area contributed by atoms with Crippen molar-refractivity contribution in [3.63, 3.8) is 0 Å². The van der Waals surface area contributed by atoms with Gasteiger partial charge in [-0.15, -0.1) is 0 Å². The molecule has 2 rings (SSSR count). The first-order valence-electron chi connectivity index (χ1n) is 4.60. The first-order chi connectivity index (χ1) is 7.15. The van der Waals surface area contributed by atoms with Gasteiger partial charge in [-0.1, -0.05) is 22.0 Å². The van der Waals surface area contributed by atoms with Crippen LogP contribution in [0.25, 0.3) is 0 Å². The molecule has 2 aromatic rings. The van der Waals surface area contributed by atoms with Gasteiger partial charge in [-0.25, -0.2) is 4.39 Å². The molecule has 0 spiro atoms. The molecule has 0 atom stereocenters. The maximum atomic E-state index is 13.5. The van der Waals surface area contributed by atoms with Crippen LogP contribution in [0.3, 0.4) is 0 Å². The van der Waals surface area contributed by atoms with E-state index in [1.165, 1.54) is 6.07 Å². The average Bonchev–Trinajstić information content (AvgIpc) is 2.56. The largest absolute Gasteiger partial charge is 0.282 e. The first-order valence-corrected chi connectivity index (χ1v) is 5.39. The molecule has 0 fully saturated rings. The molecule has 1 N–H and O–H groups in total. The number of halogens is 2. The second kappa shape index (κ2) is 4.14. The maximum absolute atomic E-state index is 13.5. The average molecular weight is 269 g/mol. The standard InChI is InChI=1S/C11H10BrFN2/c1-7-4-10(15-14-7)5-8-2-3-9(12)6-11(8)13/h2-4,6H,5H2,1H3,(H,14,15). The lowest BCUT2D eigenvalue weighted by molar-refractivity contribution is 0.612. The number of aromatic nitrogens is 2. The molecule has 0 aliphatic heterocycles. The van der Waals surface area contributed by atoms with E-state index in [0.29, 0.717) is 12.0 Å². The van der Waals surface area contributed by atoms with Gasteiger partial charge in [0.25, 0.3) is 0 Å². The lowest BCUT2D eigenvalue weighted by Crippen LogP contribution is -1.92. The Kier molecular flexibility index (Phi) is 2.86. The van der Waals surface area contributed by atoms with E-state index in [2.05, 4.69) is 26.1 Å². The summed E-state index contributed by atoms with van der Waals surface area (Å²) in [6.45, 7) is 1.90. The van der Waals surface area contributed by atoms with E-state index in [0.717, 1.165) is 15.9 Å². The van der Waals surface area contributed by atoms with Crippen molar-refractivity contribution >= 4 is 15.9 Å². The minimum Gasteiger partial charge on any atom is -0.282 e. The summed E-state index contributed by atoms with van der Waals surface area (Å²) in [5.74, 6) is -0.198. The summed E-state index contributed by atoms with van der Waals surface area (Å²) in [5.41, 5.74) is 2.51. The number of nitrogens with zero attached hydrogens (tertiary/aromatic N) is 1. The fourth-order valence-corrected chi connectivity index (χ4v) is 1.77. The Morgan fingerprint density at radius 1 is 1.40 bits per heavy atom. The van der Waals surface area contributed by atoms with Crippen LogP contribution in [-0.2, 0) is 6.42 Å². The molecular formula is C11H10BrFN2. The number of aromatic amines is 1. The van der Waals surface area contributed by atoms with E-state index in [1.807, 2.05) is 19.1 Å². The smallest absolute Gasteiger partial charge is 0.127 e. The Morgan fingerprint density at radius 3 is 2.80 bits per heavy atom. The molecule has 0 saturated heterocycles. The molecule has 2 nitrogen and oxygen atoms in total. The number of hydrogen-bond acceptors (Lipinski definition) is 1. The van der Waals surface area contributed by atoms with Crippen LogP contribution in [-0.4, -0.2) is 10.2 Å². The molecule has 4 heteroatoms. The van der Waals surface area contributed by atoms with Gasteiger partial charge in [-0.3, -0.25) is 5.10 Å². The summed E-state index contributed by atoms with van der Waals surface area (Å²) in [4.78, 5) is 0. The Bertz CT molecular complexity index is 479. The number of H-pyrrole nitrogens is 1. The number of hydrogen-bond donors (Lipinski definition) is 1. The highest BCUT2D eigenvalue weighted by atomic mass is 79.9. The first kappa shape index (κ1) is 10.4. The van der Waals surface area contributed by atoms with Crippen molar-refractivity contribution in [3.05, 3.63) is 51.5 Å². The zero-order chi connectivity index (χ0) is 10.8. The van der Waals surface area contributed by atoms with Crippen molar-refractivity contribution in [1.29, 1.82) is 0 Å². The number of aryl methyl sites for hydroxylation is 1. The molecule has 1 aromatic carbocycles. The highest BCUT2D eigenvalue weighted by molar-refractivity contribution is 9.10. The summed E-state index contributed by atoms with van der Waals surface area (Å²) in [7, 11) is 0. The normalized spacial score (nSPS) is 10.6. The molecule has 0 amide bonds. The van der Waals surface area contributed by atoms with Crippen molar-refractivity contribution in [2.24, 2.45) is 0 Å². The summed E-state index contributed by atoms with van der Waals surface area (Å²) >= 11 is 3.23. The molecular weight excluding hydrogens is 259 g/mol. The Hall–Kier alpha value is -1.16. The second-order valence-electron chi connectivity index (χ2n) is 3.45. The predicted molar refractivity (Wildman–Crippen MR) is 60.2 cm³/mol. The van der Waals surface area contributed by atoms with Gasteiger partial charge in [0, 0.05) is 16.6 Å². The zero-order valence-electron chi connectivity index (χ0n) is 8.22. The fourth-order valence-electron chi connectivity index (χ4n) is 1.44. The minimum absolute atomic E-state index is 0.198. The number of nitrogens with one attached hydrogen (secondary N) is 1.